The molecule has 2 amide bonds. The SMILES string of the molecule is COc1ccc(Cl)cc1NC(=O)NCc1sc(-c2ccco2)nc1C. The van der Waals surface area contributed by atoms with E-state index in [4.69, 9.17) is 20.8 Å². The highest BCUT2D eigenvalue weighted by Crippen LogP contribution is 2.29. The maximum atomic E-state index is 12.2. The fourth-order valence-corrected chi connectivity index (χ4v) is 3.35. The topological polar surface area (TPSA) is 76.4 Å². The molecule has 130 valence electrons. The number of hydrogen-bond donors (Lipinski definition) is 2. The first kappa shape index (κ1) is 17.3. The van der Waals surface area contributed by atoms with Gasteiger partial charge in [-0.1, -0.05) is 11.6 Å². The summed E-state index contributed by atoms with van der Waals surface area (Å²) in [4.78, 5) is 17.6. The van der Waals surface area contributed by atoms with Crippen molar-refractivity contribution in [3.63, 3.8) is 0 Å². The molecular weight excluding hydrogens is 362 g/mol. The van der Waals surface area contributed by atoms with Crippen molar-refractivity contribution in [2.75, 3.05) is 12.4 Å². The molecule has 0 fully saturated rings. The van der Waals surface area contributed by atoms with Crippen LogP contribution < -0.4 is 15.4 Å². The van der Waals surface area contributed by atoms with Crippen LogP contribution in [0.25, 0.3) is 10.8 Å². The summed E-state index contributed by atoms with van der Waals surface area (Å²) >= 11 is 7.44. The third kappa shape index (κ3) is 4.12. The van der Waals surface area contributed by atoms with Gasteiger partial charge in [-0.05, 0) is 37.3 Å². The number of urea groups is 1. The van der Waals surface area contributed by atoms with Gasteiger partial charge in [0.2, 0.25) is 0 Å². The van der Waals surface area contributed by atoms with Crippen LogP contribution in [0.5, 0.6) is 5.75 Å². The van der Waals surface area contributed by atoms with Crippen LogP contribution >= 0.6 is 22.9 Å². The molecule has 3 rings (SSSR count). The number of halogens is 1. The lowest BCUT2D eigenvalue weighted by atomic mass is 10.3. The van der Waals surface area contributed by atoms with Gasteiger partial charge in [-0.25, -0.2) is 9.78 Å². The van der Waals surface area contributed by atoms with E-state index < -0.39 is 0 Å². The average molecular weight is 378 g/mol. The maximum absolute atomic E-state index is 12.2. The standard InChI is InChI=1S/C17H16ClN3O3S/c1-10-15(25-16(20-10)14-4-3-7-24-14)9-19-17(22)21-12-8-11(18)5-6-13(12)23-2/h3-8H,9H2,1-2H3,(H2,19,21,22). The number of anilines is 1. The number of aryl methyl sites for hydroxylation is 1. The van der Waals surface area contributed by atoms with E-state index >= 15 is 0 Å². The highest BCUT2D eigenvalue weighted by molar-refractivity contribution is 7.15. The number of ether oxygens (including phenoxy) is 1. The second-order valence-electron chi connectivity index (χ2n) is 5.16. The van der Waals surface area contributed by atoms with Crippen LogP contribution in [-0.4, -0.2) is 18.1 Å². The van der Waals surface area contributed by atoms with Crippen molar-refractivity contribution in [1.82, 2.24) is 10.3 Å². The number of rotatable bonds is 5. The van der Waals surface area contributed by atoms with Crippen LogP contribution in [0.2, 0.25) is 5.02 Å². The van der Waals surface area contributed by atoms with E-state index in [1.165, 1.54) is 18.4 Å². The molecule has 2 heterocycles. The number of amides is 2. The summed E-state index contributed by atoms with van der Waals surface area (Å²) < 4.78 is 10.6. The molecule has 0 saturated heterocycles. The fourth-order valence-electron chi connectivity index (χ4n) is 2.20. The number of carbonyl (C=O) groups is 1. The number of methoxy groups -OCH3 is 1. The van der Waals surface area contributed by atoms with Crippen molar-refractivity contribution in [2.24, 2.45) is 0 Å². The number of nitrogens with zero attached hydrogens (tertiary/aromatic N) is 1. The summed E-state index contributed by atoms with van der Waals surface area (Å²) in [5.74, 6) is 1.25. The molecule has 8 heteroatoms. The molecule has 0 aliphatic heterocycles. The van der Waals surface area contributed by atoms with Gasteiger partial charge in [-0.3, -0.25) is 0 Å². The van der Waals surface area contributed by atoms with Gasteiger partial charge >= 0.3 is 6.03 Å². The molecule has 0 bridgehead atoms. The van der Waals surface area contributed by atoms with Crippen molar-refractivity contribution in [2.45, 2.75) is 13.5 Å². The first-order valence-corrected chi connectivity index (χ1v) is 8.65. The molecule has 0 atom stereocenters. The average Bonchev–Trinajstić information content (AvgIpc) is 3.23. The number of benzene rings is 1. The third-order valence-electron chi connectivity index (χ3n) is 3.44. The molecule has 2 N–H and O–H groups in total. The van der Waals surface area contributed by atoms with E-state index in [1.807, 2.05) is 19.1 Å². The first-order valence-electron chi connectivity index (χ1n) is 7.45. The molecule has 25 heavy (non-hydrogen) atoms. The lowest BCUT2D eigenvalue weighted by Crippen LogP contribution is -2.28. The van der Waals surface area contributed by atoms with Crippen molar-refractivity contribution >= 4 is 34.7 Å². The predicted octanol–water partition coefficient (Wildman–Crippen LogP) is 4.70. The number of hydrogen-bond acceptors (Lipinski definition) is 5. The predicted molar refractivity (Wildman–Crippen MR) is 98.4 cm³/mol. The Bertz CT molecular complexity index is 877. The molecule has 3 aromatic rings. The van der Waals surface area contributed by atoms with Crippen LogP contribution in [0.3, 0.4) is 0 Å². The molecular formula is C17H16ClN3O3S. The Morgan fingerprint density at radius 2 is 2.24 bits per heavy atom. The summed E-state index contributed by atoms with van der Waals surface area (Å²) in [5, 5.41) is 6.84. The van der Waals surface area contributed by atoms with E-state index in [1.54, 1.807) is 24.5 Å². The molecule has 0 unspecified atom stereocenters. The van der Waals surface area contributed by atoms with Gasteiger partial charge in [0.1, 0.15) is 5.75 Å². The highest BCUT2D eigenvalue weighted by atomic mass is 35.5. The van der Waals surface area contributed by atoms with Gasteiger partial charge in [0.25, 0.3) is 0 Å². The van der Waals surface area contributed by atoms with Crippen LogP contribution in [-0.2, 0) is 6.54 Å². The Morgan fingerprint density at radius 1 is 1.40 bits per heavy atom. The van der Waals surface area contributed by atoms with Crippen LogP contribution in [0.1, 0.15) is 10.6 Å². The third-order valence-corrected chi connectivity index (χ3v) is 4.85. The van der Waals surface area contributed by atoms with E-state index in [0.29, 0.717) is 28.8 Å². The molecule has 0 aliphatic carbocycles. The molecule has 6 nitrogen and oxygen atoms in total. The van der Waals surface area contributed by atoms with Gasteiger partial charge in [-0.2, -0.15) is 0 Å². The smallest absolute Gasteiger partial charge is 0.319 e. The Kier molecular flexibility index (Phi) is 5.25. The number of furan rings is 1. The molecule has 0 spiro atoms. The van der Waals surface area contributed by atoms with Crippen molar-refractivity contribution < 1.29 is 13.9 Å². The minimum atomic E-state index is -0.354. The second-order valence-corrected chi connectivity index (χ2v) is 6.68. The van der Waals surface area contributed by atoms with Gasteiger partial charge in [0, 0.05) is 9.90 Å². The van der Waals surface area contributed by atoms with E-state index in [9.17, 15) is 4.79 Å². The maximum Gasteiger partial charge on any atom is 0.319 e. The van der Waals surface area contributed by atoms with Crippen molar-refractivity contribution in [1.29, 1.82) is 0 Å². The zero-order valence-electron chi connectivity index (χ0n) is 13.6. The summed E-state index contributed by atoms with van der Waals surface area (Å²) in [6.07, 6.45) is 1.61. The van der Waals surface area contributed by atoms with Crippen LogP contribution in [0.4, 0.5) is 10.5 Å². The van der Waals surface area contributed by atoms with Crippen molar-refractivity contribution in [3.8, 4) is 16.5 Å². The number of nitrogens with one attached hydrogen (secondary N) is 2. The Morgan fingerprint density at radius 3 is 2.96 bits per heavy atom. The van der Waals surface area contributed by atoms with Gasteiger partial charge < -0.3 is 19.8 Å². The first-order chi connectivity index (χ1) is 12.1. The monoisotopic (exact) mass is 377 g/mol. The summed E-state index contributed by atoms with van der Waals surface area (Å²) in [7, 11) is 1.53. The Labute approximate surface area is 153 Å². The highest BCUT2D eigenvalue weighted by Gasteiger charge is 2.13. The molecule has 0 radical (unpaired) electrons. The van der Waals surface area contributed by atoms with E-state index in [2.05, 4.69) is 15.6 Å². The van der Waals surface area contributed by atoms with Gasteiger partial charge in [0.05, 0.1) is 31.3 Å². The summed E-state index contributed by atoms with van der Waals surface area (Å²) in [5.41, 5.74) is 1.36. The Hall–Kier alpha value is -2.51. The summed E-state index contributed by atoms with van der Waals surface area (Å²) in [6.45, 7) is 2.26. The minimum absolute atomic E-state index is 0.354. The molecule has 0 aliphatic rings. The quantitative estimate of drug-likeness (QED) is 0.676. The van der Waals surface area contributed by atoms with Crippen molar-refractivity contribution in [3.05, 3.63) is 52.2 Å². The zero-order valence-corrected chi connectivity index (χ0v) is 15.2. The molecule has 1 aromatic carbocycles. The van der Waals surface area contributed by atoms with Crippen LogP contribution in [0.15, 0.2) is 41.0 Å². The summed E-state index contributed by atoms with van der Waals surface area (Å²) in [6, 6.07) is 8.34. The zero-order chi connectivity index (χ0) is 17.8. The number of carbonyl (C=O) groups excluding carboxylic acids is 1. The van der Waals surface area contributed by atoms with Gasteiger partial charge in [-0.15, -0.1) is 11.3 Å². The molecule has 0 saturated carbocycles. The lowest BCUT2D eigenvalue weighted by molar-refractivity contribution is 0.251. The minimum Gasteiger partial charge on any atom is -0.495 e. The normalized spacial score (nSPS) is 10.5. The number of thiazole rings is 1. The van der Waals surface area contributed by atoms with E-state index in [0.717, 1.165) is 15.6 Å². The van der Waals surface area contributed by atoms with E-state index in [-0.39, 0.29) is 6.03 Å². The number of aromatic nitrogens is 1. The van der Waals surface area contributed by atoms with Crippen LogP contribution in [0, 0.1) is 6.92 Å². The lowest BCUT2D eigenvalue weighted by Gasteiger charge is -2.11. The second kappa shape index (κ2) is 7.58. The fraction of sp³-hybridized carbons (Fsp3) is 0.176. The largest absolute Gasteiger partial charge is 0.495 e. The molecule has 2 aromatic heterocycles. The Balaban J connectivity index is 1.64. The van der Waals surface area contributed by atoms with Gasteiger partial charge in [0.15, 0.2) is 10.8 Å².